The molecule has 0 radical (unpaired) electrons. The third kappa shape index (κ3) is 21.5. The van der Waals surface area contributed by atoms with Crippen LogP contribution in [0.2, 0.25) is 0 Å². The Hall–Kier alpha value is -0.790. The topological polar surface area (TPSA) is 26.3 Å². The predicted octanol–water partition coefficient (Wildman–Crippen LogP) is 8.78. The summed E-state index contributed by atoms with van der Waals surface area (Å²) in [7, 11) is 0. The van der Waals surface area contributed by atoms with Crippen molar-refractivity contribution in [2.24, 2.45) is 5.41 Å². The molecule has 0 aromatic carbocycles. The smallest absolute Gasteiger partial charge is 0.306 e. The van der Waals surface area contributed by atoms with Gasteiger partial charge in [0, 0.05) is 6.42 Å². The highest BCUT2D eigenvalue weighted by Crippen LogP contribution is 2.23. The Bertz CT molecular complexity index is 378. The monoisotopic (exact) mass is 394 g/mol. The average molecular weight is 395 g/mol. The predicted molar refractivity (Wildman–Crippen MR) is 124 cm³/mol. The molecule has 28 heavy (non-hydrogen) atoms. The molecule has 0 N–H and O–H groups in total. The molecule has 0 amide bonds. The summed E-state index contributed by atoms with van der Waals surface area (Å²) in [5, 5.41) is 0. The van der Waals surface area contributed by atoms with Gasteiger partial charge in [0.05, 0.1) is 0 Å². The molecule has 0 spiro atoms. The number of rotatable bonds is 19. The van der Waals surface area contributed by atoms with E-state index in [2.05, 4.69) is 34.3 Å². The molecule has 0 unspecified atom stereocenters. The van der Waals surface area contributed by atoms with Gasteiger partial charge in [-0.05, 0) is 23.8 Å². The molecular weight excluding hydrogens is 344 g/mol. The zero-order chi connectivity index (χ0) is 21.1. The molecule has 0 saturated heterocycles. The lowest BCUT2D eigenvalue weighted by Gasteiger charge is -2.19. The molecule has 0 atom stereocenters. The van der Waals surface area contributed by atoms with Gasteiger partial charge in [-0.25, -0.2) is 0 Å². The van der Waals surface area contributed by atoms with E-state index < -0.39 is 0 Å². The third-order valence-electron chi connectivity index (χ3n) is 5.20. The van der Waals surface area contributed by atoms with E-state index in [-0.39, 0.29) is 11.4 Å². The van der Waals surface area contributed by atoms with Crippen LogP contribution in [-0.4, -0.2) is 12.6 Å². The maximum atomic E-state index is 11.8. The van der Waals surface area contributed by atoms with Crippen LogP contribution in [0.1, 0.15) is 137 Å². The molecule has 0 rings (SSSR count). The number of unbranched alkanes of at least 4 members (excludes halogenated alkanes) is 14. The van der Waals surface area contributed by atoms with Crippen molar-refractivity contribution in [1.82, 2.24) is 0 Å². The number of ether oxygens (including phenoxy) is 1. The highest BCUT2D eigenvalue weighted by atomic mass is 16.5. The molecular formula is C26H50O2. The summed E-state index contributed by atoms with van der Waals surface area (Å²) in [6.07, 6.45) is 21.6. The van der Waals surface area contributed by atoms with Crippen LogP contribution in [0.4, 0.5) is 0 Å². The number of hydrogen-bond donors (Lipinski definition) is 0. The molecule has 0 aliphatic carbocycles. The summed E-state index contributed by atoms with van der Waals surface area (Å²) in [6.45, 7) is 13.2. The van der Waals surface area contributed by atoms with Gasteiger partial charge in [0.15, 0.2) is 0 Å². The minimum Gasteiger partial charge on any atom is -0.461 e. The second-order valence-electron chi connectivity index (χ2n) is 9.85. The third-order valence-corrected chi connectivity index (χ3v) is 5.20. The standard InChI is InChI=1S/C26H50O2/c1-6-7-8-9-10-11-12-13-14-15-16-17-18-19-20-21-25(27)28-23-24(2)22-26(3,4)5/h2,6-23H2,1,3-5H3. The van der Waals surface area contributed by atoms with Crippen molar-refractivity contribution in [3.63, 3.8) is 0 Å². The second kappa shape index (κ2) is 18.3. The van der Waals surface area contributed by atoms with Crippen molar-refractivity contribution in [3.8, 4) is 0 Å². The molecule has 0 aromatic heterocycles. The Kier molecular flexibility index (Phi) is 17.7. The van der Waals surface area contributed by atoms with Crippen molar-refractivity contribution < 1.29 is 9.53 Å². The van der Waals surface area contributed by atoms with Gasteiger partial charge >= 0.3 is 5.97 Å². The van der Waals surface area contributed by atoms with Crippen molar-refractivity contribution in [2.45, 2.75) is 137 Å². The van der Waals surface area contributed by atoms with Gasteiger partial charge in [0.25, 0.3) is 0 Å². The highest BCUT2D eigenvalue weighted by molar-refractivity contribution is 5.69. The molecule has 2 heteroatoms. The van der Waals surface area contributed by atoms with E-state index in [0.717, 1.165) is 24.8 Å². The number of carbonyl (C=O) groups excluding carboxylic acids is 1. The first-order chi connectivity index (χ1) is 13.3. The van der Waals surface area contributed by atoms with Gasteiger partial charge in [-0.3, -0.25) is 4.79 Å². The molecule has 166 valence electrons. The summed E-state index contributed by atoms with van der Waals surface area (Å²) in [6, 6.07) is 0. The minimum absolute atomic E-state index is 0.0650. The SMILES string of the molecule is C=C(COC(=O)CCCCCCCCCCCCCCCCC)CC(C)(C)C. The van der Waals surface area contributed by atoms with E-state index in [1.165, 1.54) is 83.5 Å². The maximum absolute atomic E-state index is 11.8. The quantitative estimate of drug-likeness (QED) is 0.124. The summed E-state index contributed by atoms with van der Waals surface area (Å²) >= 11 is 0. The Morgan fingerprint density at radius 2 is 1.11 bits per heavy atom. The van der Waals surface area contributed by atoms with Gasteiger partial charge in [0.2, 0.25) is 0 Å². The molecule has 2 nitrogen and oxygen atoms in total. The van der Waals surface area contributed by atoms with Gasteiger partial charge in [-0.1, -0.05) is 124 Å². The summed E-state index contributed by atoms with van der Waals surface area (Å²) < 4.78 is 5.33. The zero-order valence-corrected chi connectivity index (χ0v) is 19.8. The summed E-state index contributed by atoms with van der Waals surface area (Å²) in [5.74, 6) is -0.0650. The first kappa shape index (κ1) is 27.2. The highest BCUT2D eigenvalue weighted by Gasteiger charge is 2.13. The van der Waals surface area contributed by atoms with E-state index in [9.17, 15) is 4.79 Å². The first-order valence-electron chi connectivity index (χ1n) is 12.2. The minimum atomic E-state index is -0.0650. The van der Waals surface area contributed by atoms with Crippen LogP contribution < -0.4 is 0 Å². The number of hydrogen-bond acceptors (Lipinski definition) is 2. The Balaban J connectivity index is 3.28. The summed E-state index contributed by atoms with van der Waals surface area (Å²) in [4.78, 5) is 11.8. The van der Waals surface area contributed by atoms with Gasteiger partial charge in [-0.15, -0.1) is 0 Å². The van der Waals surface area contributed by atoms with Crippen LogP contribution in [0, 0.1) is 5.41 Å². The van der Waals surface area contributed by atoms with Crippen molar-refractivity contribution in [3.05, 3.63) is 12.2 Å². The van der Waals surface area contributed by atoms with E-state index >= 15 is 0 Å². The molecule has 0 bridgehead atoms. The Morgan fingerprint density at radius 1 is 0.714 bits per heavy atom. The van der Waals surface area contributed by atoms with E-state index in [0.29, 0.717) is 13.0 Å². The fraction of sp³-hybridized carbons (Fsp3) is 0.885. The zero-order valence-electron chi connectivity index (χ0n) is 19.8. The maximum Gasteiger partial charge on any atom is 0.306 e. The summed E-state index contributed by atoms with van der Waals surface area (Å²) in [5.41, 5.74) is 1.22. The molecule has 0 fully saturated rings. The molecule has 0 aromatic rings. The largest absolute Gasteiger partial charge is 0.461 e. The van der Waals surface area contributed by atoms with Crippen molar-refractivity contribution in [1.29, 1.82) is 0 Å². The van der Waals surface area contributed by atoms with Crippen molar-refractivity contribution >= 4 is 5.97 Å². The second-order valence-corrected chi connectivity index (χ2v) is 9.85. The lowest BCUT2D eigenvalue weighted by atomic mass is 9.89. The Labute approximate surface area is 176 Å². The van der Waals surface area contributed by atoms with Gasteiger partial charge < -0.3 is 4.74 Å². The van der Waals surface area contributed by atoms with Gasteiger partial charge in [0.1, 0.15) is 6.61 Å². The van der Waals surface area contributed by atoms with E-state index in [4.69, 9.17) is 4.74 Å². The van der Waals surface area contributed by atoms with Crippen LogP contribution in [0.15, 0.2) is 12.2 Å². The fourth-order valence-corrected chi connectivity index (χ4v) is 3.70. The van der Waals surface area contributed by atoms with Crippen LogP contribution in [-0.2, 0) is 9.53 Å². The molecule has 0 aliphatic rings. The molecule has 0 aliphatic heterocycles. The van der Waals surface area contributed by atoms with Crippen LogP contribution in [0.3, 0.4) is 0 Å². The van der Waals surface area contributed by atoms with Crippen molar-refractivity contribution in [2.75, 3.05) is 6.61 Å². The first-order valence-corrected chi connectivity index (χ1v) is 12.2. The average Bonchev–Trinajstić information content (AvgIpc) is 2.62. The molecule has 0 saturated carbocycles. The Morgan fingerprint density at radius 3 is 1.50 bits per heavy atom. The van der Waals surface area contributed by atoms with E-state index in [1.54, 1.807) is 0 Å². The molecule has 0 heterocycles. The van der Waals surface area contributed by atoms with Crippen LogP contribution >= 0.6 is 0 Å². The van der Waals surface area contributed by atoms with Crippen LogP contribution in [0.5, 0.6) is 0 Å². The van der Waals surface area contributed by atoms with Crippen LogP contribution in [0.25, 0.3) is 0 Å². The van der Waals surface area contributed by atoms with E-state index in [1.807, 2.05) is 0 Å². The normalized spacial score (nSPS) is 11.6. The fourth-order valence-electron chi connectivity index (χ4n) is 3.70. The number of esters is 1. The lowest BCUT2D eigenvalue weighted by Crippen LogP contribution is -2.12. The lowest BCUT2D eigenvalue weighted by molar-refractivity contribution is -0.142. The van der Waals surface area contributed by atoms with Gasteiger partial charge in [-0.2, -0.15) is 0 Å². The number of carbonyl (C=O) groups is 1.